The second-order valence-corrected chi connectivity index (χ2v) is 20.6. The van der Waals surface area contributed by atoms with Crippen LogP contribution in [-0.2, 0) is 28.6 Å². The molecule has 6 nitrogen and oxygen atoms in total. The van der Waals surface area contributed by atoms with E-state index in [4.69, 9.17) is 14.2 Å². The Morgan fingerprint density at radius 2 is 0.562 bits per heavy atom. The molecule has 0 spiro atoms. The lowest BCUT2D eigenvalue weighted by Gasteiger charge is -2.18. The maximum atomic E-state index is 12.8. The van der Waals surface area contributed by atoms with Crippen LogP contribution >= 0.6 is 0 Å². The molecule has 6 heteroatoms. The second-order valence-electron chi connectivity index (χ2n) is 20.6. The van der Waals surface area contributed by atoms with E-state index in [1.807, 2.05) is 0 Å². The summed E-state index contributed by atoms with van der Waals surface area (Å²) in [6, 6.07) is 0. The normalized spacial score (nSPS) is 12.6. The van der Waals surface area contributed by atoms with Crippen LogP contribution in [0.3, 0.4) is 0 Å². The molecular weight excluding hydrogens is 901 g/mol. The number of rotatable bonds is 56. The van der Waals surface area contributed by atoms with Crippen LogP contribution in [0.25, 0.3) is 0 Å². The van der Waals surface area contributed by atoms with Crippen molar-refractivity contribution in [3.63, 3.8) is 0 Å². The highest BCUT2D eigenvalue weighted by Crippen LogP contribution is 2.16. The quantitative estimate of drug-likeness (QED) is 0.0261. The Labute approximate surface area is 452 Å². The molecule has 0 saturated heterocycles. The van der Waals surface area contributed by atoms with E-state index in [2.05, 4.69) is 106 Å². The summed E-state index contributed by atoms with van der Waals surface area (Å²) in [6.45, 7) is 6.46. The zero-order chi connectivity index (χ0) is 52.9. The van der Waals surface area contributed by atoms with Crippen molar-refractivity contribution in [2.75, 3.05) is 13.2 Å². The molecule has 0 radical (unpaired) electrons. The van der Waals surface area contributed by atoms with Crippen molar-refractivity contribution >= 4 is 17.9 Å². The fourth-order valence-electron chi connectivity index (χ4n) is 8.74. The lowest BCUT2D eigenvalue weighted by molar-refractivity contribution is -0.167. The zero-order valence-electron chi connectivity index (χ0n) is 48.1. The lowest BCUT2D eigenvalue weighted by Crippen LogP contribution is -2.30. The highest BCUT2D eigenvalue weighted by Gasteiger charge is 2.19. The summed E-state index contributed by atoms with van der Waals surface area (Å²) in [6.07, 6.45) is 80.3. The third kappa shape index (κ3) is 59.3. The summed E-state index contributed by atoms with van der Waals surface area (Å²) < 4.78 is 16.9. The average Bonchev–Trinajstić information content (AvgIpc) is 3.39. The third-order valence-electron chi connectivity index (χ3n) is 13.4. The zero-order valence-corrected chi connectivity index (χ0v) is 48.1. The first-order valence-corrected chi connectivity index (χ1v) is 31.1. The summed E-state index contributed by atoms with van der Waals surface area (Å²) in [4.78, 5) is 38.1. The third-order valence-corrected chi connectivity index (χ3v) is 13.4. The van der Waals surface area contributed by atoms with Crippen LogP contribution in [0, 0.1) is 0 Å². The number of unbranched alkanes of at least 4 members (excludes halogenated alkanes) is 31. The van der Waals surface area contributed by atoms with Crippen molar-refractivity contribution in [1.82, 2.24) is 0 Å². The predicted octanol–water partition coefficient (Wildman–Crippen LogP) is 21.1. The number of carbonyl (C=O) groups excluding carboxylic acids is 3. The molecule has 0 aromatic rings. The van der Waals surface area contributed by atoms with Crippen molar-refractivity contribution in [2.24, 2.45) is 0 Å². The molecule has 0 aliphatic heterocycles. The average molecular weight is 1020 g/mol. The van der Waals surface area contributed by atoms with Crippen molar-refractivity contribution < 1.29 is 28.6 Å². The molecule has 0 amide bonds. The van der Waals surface area contributed by atoms with E-state index in [1.54, 1.807) is 0 Å². The van der Waals surface area contributed by atoms with Gasteiger partial charge in [-0.2, -0.15) is 0 Å². The minimum absolute atomic E-state index is 0.0781. The van der Waals surface area contributed by atoms with Gasteiger partial charge in [-0.15, -0.1) is 0 Å². The topological polar surface area (TPSA) is 78.9 Å². The molecule has 1 atom stereocenters. The van der Waals surface area contributed by atoms with Crippen LogP contribution in [0.15, 0.2) is 85.1 Å². The Morgan fingerprint density at radius 1 is 0.288 bits per heavy atom. The van der Waals surface area contributed by atoms with Gasteiger partial charge in [-0.1, -0.05) is 279 Å². The molecule has 0 rings (SSSR count). The number of hydrogen-bond acceptors (Lipinski definition) is 6. The molecule has 0 heterocycles. The van der Waals surface area contributed by atoms with E-state index in [0.29, 0.717) is 19.3 Å². The Kier molecular flexibility index (Phi) is 58.3. The van der Waals surface area contributed by atoms with E-state index in [1.165, 1.54) is 141 Å². The van der Waals surface area contributed by atoms with Gasteiger partial charge in [0.25, 0.3) is 0 Å². The summed E-state index contributed by atoms with van der Waals surface area (Å²) in [5, 5.41) is 0. The molecular formula is C67H116O6. The van der Waals surface area contributed by atoms with E-state index >= 15 is 0 Å². The van der Waals surface area contributed by atoms with Crippen LogP contribution in [0.4, 0.5) is 0 Å². The van der Waals surface area contributed by atoms with Gasteiger partial charge in [0.2, 0.25) is 0 Å². The number of allylic oxidation sites excluding steroid dienone is 14. The molecule has 0 aromatic heterocycles. The Balaban J connectivity index is 4.13. The minimum Gasteiger partial charge on any atom is -0.462 e. The molecule has 420 valence electrons. The number of ether oxygens (including phenoxy) is 3. The van der Waals surface area contributed by atoms with Gasteiger partial charge in [-0.05, 0) is 89.9 Å². The molecule has 0 fully saturated rings. The largest absolute Gasteiger partial charge is 0.462 e. The van der Waals surface area contributed by atoms with Gasteiger partial charge in [-0.25, -0.2) is 0 Å². The molecule has 0 aliphatic carbocycles. The number of esters is 3. The SMILES string of the molecule is CC/C=C\C/C=C\C/C=C\C/C=C\C/C=C\CCCCCCCCCCCCCCCCCC(=O)OCC(COC(=O)CCCCCCCCCCCCC)OC(=O)CCCCCCC/C=C\C/C=C\CCC. The van der Waals surface area contributed by atoms with Crippen LogP contribution in [-0.4, -0.2) is 37.2 Å². The van der Waals surface area contributed by atoms with Crippen LogP contribution in [0.1, 0.15) is 303 Å². The van der Waals surface area contributed by atoms with Crippen molar-refractivity contribution in [3.8, 4) is 0 Å². The highest BCUT2D eigenvalue weighted by molar-refractivity contribution is 5.71. The van der Waals surface area contributed by atoms with E-state index in [0.717, 1.165) is 122 Å². The van der Waals surface area contributed by atoms with Gasteiger partial charge < -0.3 is 14.2 Å². The highest BCUT2D eigenvalue weighted by atomic mass is 16.6. The van der Waals surface area contributed by atoms with Gasteiger partial charge in [0.05, 0.1) is 0 Å². The van der Waals surface area contributed by atoms with Gasteiger partial charge >= 0.3 is 17.9 Å². The number of hydrogen-bond donors (Lipinski definition) is 0. The molecule has 0 aliphatic rings. The summed E-state index contributed by atoms with van der Waals surface area (Å²) in [5.74, 6) is -0.884. The monoisotopic (exact) mass is 1020 g/mol. The van der Waals surface area contributed by atoms with E-state index < -0.39 is 6.10 Å². The molecule has 0 saturated carbocycles. The fraction of sp³-hybridized carbons (Fsp3) is 0.746. The fourth-order valence-corrected chi connectivity index (χ4v) is 8.74. The van der Waals surface area contributed by atoms with Gasteiger partial charge in [0.15, 0.2) is 6.10 Å². The molecule has 0 N–H and O–H groups in total. The van der Waals surface area contributed by atoms with Gasteiger partial charge in [-0.3, -0.25) is 14.4 Å². The molecule has 73 heavy (non-hydrogen) atoms. The first kappa shape index (κ1) is 69.6. The van der Waals surface area contributed by atoms with E-state index in [9.17, 15) is 14.4 Å². The van der Waals surface area contributed by atoms with E-state index in [-0.39, 0.29) is 31.1 Å². The maximum Gasteiger partial charge on any atom is 0.306 e. The van der Waals surface area contributed by atoms with Gasteiger partial charge in [0.1, 0.15) is 13.2 Å². The maximum absolute atomic E-state index is 12.8. The van der Waals surface area contributed by atoms with Crippen molar-refractivity contribution in [2.45, 2.75) is 309 Å². The van der Waals surface area contributed by atoms with Crippen LogP contribution in [0.5, 0.6) is 0 Å². The smallest absolute Gasteiger partial charge is 0.306 e. The van der Waals surface area contributed by atoms with Crippen LogP contribution in [0.2, 0.25) is 0 Å². The van der Waals surface area contributed by atoms with Crippen molar-refractivity contribution in [1.29, 1.82) is 0 Å². The Hall–Kier alpha value is -3.41. The molecule has 1 unspecified atom stereocenters. The summed E-state index contributed by atoms with van der Waals surface area (Å²) in [5.41, 5.74) is 0. The summed E-state index contributed by atoms with van der Waals surface area (Å²) >= 11 is 0. The Bertz CT molecular complexity index is 1400. The lowest BCUT2D eigenvalue weighted by atomic mass is 10.0. The standard InChI is InChI=1S/C67H116O6/c1-4-7-10-13-16-19-22-24-25-26-27-28-29-30-31-32-33-34-35-36-37-38-39-40-41-43-45-48-51-54-57-60-66(69)72-63-64(62-71-65(68)59-56-53-50-47-44-21-18-15-12-9-6-3)73-67(70)61-58-55-52-49-46-42-23-20-17-14-11-8-5-2/h7,10-11,14,16,19-20,23-25,27-28,30-31,64H,4-6,8-9,12-13,15,17-18,21-22,26,29,32-63H2,1-3H3/b10-7-,14-11-,19-16-,23-20-,25-24-,28-27-,31-30-. The first-order chi connectivity index (χ1) is 36.0. The van der Waals surface area contributed by atoms with Crippen LogP contribution < -0.4 is 0 Å². The Morgan fingerprint density at radius 3 is 0.890 bits per heavy atom. The van der Waals surface area contributed by atoms with Gasteiger partial charge in [0, 0.05) is 19.3 Å². The first-order valence-electron chi connectivity index (χ1n) is 31.1. The second kappa shape index (κ2) is 61.1. The predicted molar refractivity (Wildman–Crippen MR) is 316 cm³/mol. The number of carbonyl (C=O) groups is 3. The van der Waals surface area contributed by atoms with Crippen molar-refractivity contribution in [3.05, 3.63) is 85.1 Å². The molecule has 0 aromatic carbocycles. The molecule has 0 bridgehead atoms. The summed E-state index contributed by atoms with van der Waals surface area (Å²) in [7, 11) is 0. The minimum atomic E-state index is -0.780.